The second kappa shape index (κ2) is 18.5. The van der Waals surface area contributed by atoms with E-state index in [2.05, 4.69) is 39.8 Å². The van der Waals surface area contributed by atoms with Crippen LogP contribution in [0.3, 0.4) is 0 Å². The van der Waals surface area contributed by atoms with Crippen molar-refractivity contribution >= 4 is 18.5 Å². The zero-order valence-electron chi connectivity index (χ0n) is 19.7. The third kappa shape index (κ3) is 7.28. The van der Waals surface area contributed by atoms with Gasteiger partial charge in [-0.2, -0.15) is 0 Å². The van der Waals surface area contributed by atoms with E-state index in [4.69, 9.17) is 4.74 Å². The summed E-state index contributed by atoms with van der Waals surface area (Å²) in [6, 6.07) is 0. The molecule has 28 heavy (non-hydrogen) atoms. The van der Waals surface area contributed by atoms with Crippen LogP contribution in [0.15, 0.2) is 94.9 Å². The molecule has 156 valence electrons. The van der Waals surface area contributed by atoms with Crippen molar-refractivity contribution in [2.75, 3.05) is 0 Å². The Bertz CT molecular complexity index is 633. The molecule has 0 aliphatic carbocycles. The molecule has 0 aromatic rings. The summed E-state index contributed by atoms with van der Waals surface area (Å²) in [5, 5.41) is 0. The van der Waals surface area contributed by atoms with Gasteiger partial charge < -0.3 is 4.74 Å². The summed E-state index contributed by atoms with van der Waals surface area (Å²) < 4.78 is 5.79. The molecule has 2 heterocycles. The van der Waals surface area contributed by atoms with Crippen molar-refractivity contribution in [3.63, 3.8) is 0 Å². The summed E-state index contributed by atoms with van der Waals surface area (Å²) in [6.07, 6.45) is 7.27. The Morgan fingerprint density at radius 3 is 1.57 bits per heavy atom. The van der Waals surface area contributed by atoms with Crippen molar-refractivity contribution in [3.8, 4) is 0 Å². The molecule has 0 aromatic carbocycles. The first-order valence-electron chi connectivity index (χ1n) is 10.3. The molecular formula is C25H41BOS. The van der Waals surface area contributed by atoms with E-state index in [0.717, 1.165) is 21.3 Å². The highest BCUT2D eigenvalue weighted by Gasteiger charge is 2.39. The Labute approximate surface area is 180 Å². The number of hydrogen-bond acceptors (Lipinski definition) is 2. The van der Waals surface area contributed by atoms with Gasteiger partial charge in [0.1, 0.15) is 11.5 Å². The predicted octanol–water partition coefficient (Wildman–Crippen LogP) is 9.02. The first kappa shape index (κ1) is 30.8. The average molecular weight is 400 g/mol. The summed E-state index contributed by atoms with van der Waals surface area (Å²) in [5.41, 5.74) is 3.21. The molecule has 3 heteroatoms. The molecule has 0 amide bonds. The Morgan fingerprint density at radius 2 is 1.21 bits per heavy atom. The Kier molecular flexibility index (Phi) is 20.4. The molecular weight excluding hydrogens is 359 g/mol. The second-order valence-corrected chi connectivity index (χ2v) is 5.74. The minimum Gasteiger partial charge on any atom is -0.459 e. The van der Waals surface area contributed by atoms with Crippen LogP contribution < -0.4 is 0 Å². The highest BCUT2D eigenvalue weighted by atomic mass is 32.2. The van der Waals surface area contributed by atoms with E-state index < -0.39 is 0 Å². The lowest BCUT2D eigenvalue weighted by atomic mass is 9.33. The van der Waals surface area contributed by atoms with E-state index in [1.807, 2.05) is 73.6 Å². The lowest BCUT2D eigenvalue weighted by molar-refractivity contribution is 0.330. The van der Waals surface area contributed by atoms with Crippen LogP contribution in [0.1, 0.15) is 62.3 Å². The zero-order valence-corrected chi connectivity index (χ0v) is 20.6. The van der Waals surface area contributed by atoms with Crippen LogP contribution in [-0.4, -0.2) is 6.71 Å². The third-order valence-electron chi connectivity index (χ3n) is 3.47. The highest BCUT2D eigenvalue weighted by Crippen LogP contribution is 2.46. The summed E-state index contributed by atoms with van der Waals surface area (Å²) in [4.78, 5) is 2.28. The van der Waals surface area contributed by atoms with Gasteiger partial charge in [0.25, 0.3) is 6.71 Å². The third-order valence-corrected chi connectivity index (χ3v) is 4.62. The number of hydrogen-bond donors (Lipinski definition) is 0. The first-order chi connectivity index (χ1) is 13.6. The molecule has 0 saturated carbocycles. The van der Waals surface area contributed by atoms with Crippen LogP contribution in [0.2, 0.25) is 0 Å². The number of rotatable bonds is 4. The first-order valence-corrected chi connectivity index (χ1v) is 11.1. The van der Waals surface area contributed by atoms with Crippen LogP contribution in [0.5, 0.6) is 0 Å². The van der Waals surface area contributed by atoms with Crippen molar-refractivity contribution in [1.82, 2.24) is 0 Å². The quantitative estimate of drug-likeness (QED) is 0.435. The van der Waals surface area contributed by atoms with E-state index in [-0.39, 0.29) is 6.71 Å². The van der Waals surface area contributed by atoms with E-state index in [1.165, 1.54) is 4.91 Å². The fraction of sp³-hybridized carbons (Fsp3) is 0.360. The van der Waals surface area contributed by atoms with E-state index in [1.54, 1.807) is 17.8 Å². The maximum atomic E-state index is 5.79. The minimum atomic E-state index is 0.0495. The molecule has 1 nitrogen and oxygen atoms in total. The van der Waals surface area contributed by atoms with Crippen LogP contribution in [0, 0.1) is 0 Å². The molecule has 0 atom stereocenters. The number of fused-ring (bicyclic) bond motifs is 1. The van der Waals surface area contributed by atoms with Gasteiger partial charge in [0.05, 0.1) is 0 Å². The van der Waals surface area contributed by atoms with Crippen molar-refractivity contribution in [3.05, 3.63) is 94.9 Å². The molecule has 0 aromatic heterocycles. The molecule has 2 rings (SSSR count). The van der Waals surface area contributed by atoms with Crippen molar-refractivity contribution in [2.45, 2.75) is 62.3 Å². The Balaban J connectivity index is -0.000000695. The van der Waals surface area contributed by atoms with Gasteiger partial charge in [0.15, 0.2) is 0 Å². The van der Waals surface area contributed by atoms with Crippen molar-refractivity contribution < 1.29 is 4.74 Å². The van der Waals surface area contributed by atoms with Gasteiger partial charge >= 0.3 is 0 Å². The molecule has 0 spiro atoms. The number of thioether (sulfide) groups is 1. The van der Waals surface area contributed by atoms with Crippen molar-refractivity contribution in [2.24, 2.45) is 0 Å². The second-order valence-electron chi connectivity index (χ2n) is 4.49. The van der Waals surface area contributed by atoms with Gasteiger partial charge in [-0.1, -0.05) is 124 Å². The fourth-order valence-corrected chi connectivity index (χ4v) is 3.66. The molecule has 2 aliphatic heterocycles. The van der Waals surface area contributed by atoms with Crippen LogP contribution >= 0.6 is 11.8 Å². The van der Waals surface area contributed by atoms with E-state index in [9.17, 15) is 0 Å². The summed E-state index contributed by atoms with van der Waals surface area (Å²) in [6.45, 7) is 37.8. The standard InChI is InChI=1S/C17H17BOS.4C2H6/c1-7-13-12(6)20-16(10-4)17-11(5)19-15(9-3)14(8-2)18(13)17;4*1-2/h7-10H,1-5H2,6H3;4*1-2H3. The summed E-state index contributed by atoms with van der Waals surface area (Å²) in [7, 11) is 0. The monoisotopic (exact) mass is 400 g/mol. The Morgan fingerprint density at radius 1 is 0.750 bits per heavy atom. The largest absolute Gasteiger partial charge is 0.459 e. The maximum absolute atomic E-state index is 5.79. The lowest BCUT2D eigenvalue weighted by Gasteiger charge is -2.34. The molecule has 0 saturated heterocycles. The zero-order chi connectivity index (χ0) is 22.9. The SMILES string of the molecule is C=CC1=C(C=C)B2C(C=C)=C(C)SC(C=C)=C2C(=C)O1.CC.CC.CC.CC. The van der Waals surface area contributed by atoms with Gasteiger partial charge in [-0.15, -0.1) is 0 Å². The maximum Gasteiger partial charge on any atom is 0.253 e. The normalized spacial score (nSPS) is 14.2. The topological polar surface area (TPSA) is 9.23 Å². The Hall–Kier alpha value is -1.87. The van der Waals surface area contributed by atoms with Gasteiger partial charge in [-0.05, 0) is 28.8 Å². The smallest absolute Gasteiger partial charge is 0.253 e. The van der Waals surface area contributed by atoms with E-state index >= 15 is 0 Å². The van der Waals surface area contributed by atoms with Crippen LogP contribution in [0.4, 0.5) is 0 Å². The molecule has 2 aliphatic rings. The summed E-state index contributed by atoms with van der Waals surface area (Å²) in [5.74, 6) is 1.35. The minimum absolute atomic E-state index is 0.0495. The van der Waals surface area contributed by atoms with Gasteiger partial charge in [0, 0.05) is 4.91 Å². The molecule has 0 unspecified atom stereocenters. The highest BCUT2D eigenvalue weighted by molar-refractivity contribution is 8.07. The fourth-order valence-electron chi connectivity index (χ4n) is 2.58. The van der Waals surface area contributed by atoms with Crippen molar-refractivity contribution in [1.29, 1.82) is 0 Å². The molecule has 0 fully saturated rings. The lowest BCUT2D eigenvalue weighted by Crippen LogP contribution is -2.32. The number of allylic oxidation sites excluding steroid dienone is 8. The van der Waals surface area contributed by atoms with E-state index in [0.29, 0.717) is 11.5 Å². The number of ether oxygens (including phenoxy) is 1. The van der Waals surface area contributed by atoms with Crippen LogP contribution in [-0.2, 0) is 4.74 Å². The summed E-state index contributed by atoms with van der Waals surface area (Å²) >= 11 is 1.68. The average Bonchev–Trinajstić information content (AvgIpc) is 2.78. The predicted molar refractivity (Wildman–Crippen MR) is 137 cm³/mol. The van der Waals surface area contributed by atoms with Gasteiger partial charge in [-0.25, -0.2) is 0 Å². The van der Waals surface area contributed by atoms with Gasteiger partial charge in [-0.3, -0.25) is 0 Å². The molecule has 0 bridgehead atoms. The molecule has 0 N–H and O–H groups in total. The molecule has 0 radical (unpaired) electrons. The van der Waals surface area contributed by atoms with Gasteiger partial charge in [0.2, 0.25) is 0 Å². The van der Waals surface area contributed by atoms with Crippen LogP contribution in [0.25, 0.3) is 0 Å².